The van der Waals surface area contributed by atoms with E-state index >= 15 is 0 Å². The molecule has 0 radical (unpaired) electrons. The van der Waals surface area contributed by atoms with Gasteiger partial charge in [-0.05, 0) is 29.3 Å². The molecule has 1 aliphatic heterocycles. The Morgan fingerprint density at radius 1 is 1.17 bits per heavy atom. The first-order valence-electron chi connectivity index (χ1n) is 9.34. The van der Waals surface area contributed by atoms with Crippen LogP contribution in [0.5, 0.6) is 0 Å². The summed E-state index contributed by atoms with van der Waals surface area (Å²) in [6, 6.07) is 12.5. The molecule has 2 N–H and O–H groups in total. The number of carboxylic acid groups (broad SMARTS) is 1. The molecule has 1 aliphatic rings. The second-order valence-corrected chi connectivity index (χ2v) is 7.34. The number of halogens is 1. The molecule has 30 heavy (non-hydrogen) atoms. The summed E-state index contributed by atoms with van der Waals surface area (Å²) in [6.45, 7) is 0. The summed E-state index contributed by atoms with van der Waals surface area (Å²) >= 11 is 5.84. The standard InChI is InChI=1S/C22H19ClN2O5/c1-30-22(29)13-8-6-12(7-9-13)20-19-15(14-4-2-3-5-16(14)24-19)10-17(21(27)28)25(20)18(26)11-23/h2-9,17,20,24H,10-11H2,1H3,(H,27,28)/t17-,20+/m1/s1. The number of methoxy groups -OCH3 is 1. The maximum absolute atomic E-state index is 12.8. The molecular formula is C22H19ClN2O5. The number of aromatic nitrogens is 1. The first-order valence-corrected chi connectivity index (χ1v) is 9.87. The monoisotopic (exact) mass is 426 g/mol. The molecule has 0 unspecified atom stereocenters. The Bertz CT molecular complexity index is 1140. The predicted molar refractivity (Wildman–Crippen MR) is 111 cm³/mol. The van der Waals surface area contributed by atoms with Crippen molar-refractivity contribution in [3.63, 3.8) is 0 Å². The number of benzene rings is 2. The highest BCUT2D eigenvalue weighted by Crippen LogP contribution is 2.41. The molecule has 0 saturated carbocycles. The Morgan fingerprint density at radius 2 is 1.87 bits per heavy atom. The topological polar surface area (TPSA) is 99.7 Å². The second-order valence-electron chi connectivity index (χ2n) is 7.07. The maximum atomic E-state index is 12.8. The van der Waals surface area contributed by atoms with Gasteiger partial charge in [0, 0.05) is 23.0 Å². The molecule has 2 aromatic carbocycles. The Hall–Kier alpha value is -3.32. The number of H-pyrrole nitrogens is 1. The number of nitrogens with zero attached hydrogens (tertiary/aromatic N) is 1. The van der Waals surface area contributed by atoms with Gasteiger partial charge in [0.15, 0.2) is 0 Å². The average Bonchev–Trinajstić information content (AvgIpc) is 3.15. The Morgan fingerprint density at radius 3 is 2.50 bits per heavy atom. The number of esters is 1. The van der Waals surface area contributed by atoms with Crippen LogP contribution in [0.1, 0.15) is 33.2 Å². The number of hydrogen-bond donors (Lipinski definition) is 2. The smallest absolute Gasteiger partial charge is 0.337 e. The quantitative estimate of drug-likeness (QED) is 0.493. The van der Waals surface area contributed by atoms with Gasteiger partial charge < -0.3 is 19.7 Å². The van der Waals surface area contributed by atoms with Crippen molar-refractivity contribution in [2.75, 3.05) is 13.0 Å². The number of carbonyl (C=O) groups is 3. The molecule has 0 aliphatic carbocycles. The molecule has 154 valence electrons. The average molecular weight is 427 g/mol. The highest BCUT2D eigenvalue weighted by Gasteiger charge is 2.43. The lowest BCUT2D eigenvalue weighted by Crippen LogP contribution is -2.52. The van der Waals surface area contributed by atoms with Crippen LogP contribution in [0, 0.1) is 0 Å². The lowest BCUT2D eigenvalue weighted by Gasteiger charge is -2.40. The SMILES string of the molecule is COC(=O)c1ccc([C@H]2c3[nH]c4ccccc4c3C[C@H](C(=O)O)N2C(=O)CCl)cc1. The van der Waals surface area contributed by atoms with E-state index in [-0.39, 0.29) is 12.3 Å². The van der Waals surface area contributed by atoms with E-state index in [2.05, 4.69) is 4.98 Å². The highest BCUT2D eigenvalue weighted by molar-refractivity contribution is 6.27. The van der Waals surface area contributed by atoms with Gasteiger partial charge in [0.05, 0.1) is 18.7 Å². The van der Waals surface area contributed by atoms with Crippen LogP contribution in [0.15, 0.2) is 48.5 Å². The summed E-state index contributed by atoms with van der Waals surface area (Å²) in [6.07, 6.45) is 0.175. The maximum Gasteiger partial charge on any atom is 0.337 e. The van der Waals surface area contributed by atoms with Crippen molar-refractivity contribution >= 4 is 40.3 Å². The minimum atomic E-state index is -1.10. The van der Waals surface area contributed by atoms with Gasteiger partial charge in [-0.15, -0.1) is 11.6 Å². The molecule has 0 bridgehead atoms. The first-order chi connectivity index (χ1) is 14.5. The van der Waals surface area contributed by atoms with Gasteiger partial charge in [0.25, 0.3) is 0 Å². The van der Waals surface area contributed by atoms with Crippen molar-refractivity contribution in [2.45, 2.75) is 18.5 Å². The summed E-state index contributed by atoms with van der Waals surface area (Å²) in [5.41, 5.74) is 3.50. The molecule has 0 saturated heterocycles. The molecule has 7 nitrogen and oxygen atoms in total. The van der Waals surface area contributed by atoms with Crippen LogP contribution in [-0.2, 0) is 20.7 Å². The number of aliphatic carboxylic acids is 1. The number of hydrogen-bond acceptors (Lipinski definition) is 4. The van der Waals surface area contributed by atoms with E-state index in [0.717, 1.165) is 22.2 Å². The predicted octanol–water partition coefficient (Wildman–Crippen LogP) is 3.12. The summed E-state index contributed by atoms with van der Waals surface area (Å²) in [4.78, 5) is 41.3. The lowest BCUT2D eigenvalue weighted by atomic mass is 9.87. The summed E-state index contributed by atoms with van der Waals surface area (Å²) in [7, 11) is 1.30. The van der Waals surface area contributed by atoms with Crippen molar-refractivity contribution in [1.29, 1.82) is 0 Å². The number of carboxylic acids is 1. The molecule has 3 aromatic rings. The van der Waals surface area contributed by atoms with E-state index in [1.54, 1.807) is 24.3 Å². The molecule has 2 heterocycles. The fourth-order valence-electron chi connectivity index (χ4n) is 4.12. The molecule has 1 amide bonds. The fraction of sp³-hybridized carbons (Fsp3) is 0.227. The Balaban J connectivity index is 1.92. The molecule has 0 fully saturated rings. The highest BCUT2D eigenvalue weighted by atomic mass is 35.5. The van der Waals surface area contributed by atoms with Gasteiger partial charge in [-0.2, -0.15) is 0 Å². The van der Waals surface area contributed by atoms with Crippen molar-refractivity contribution in [3.8, 4) is 0 Å². The second kappa shape index (κ2) is 7.84. The zero-order chi connectivity index (χ0) is 21.4. The van der Waals surface area contributed by atoms with Crippen molar-refractivity contribution in [2.24, 2.45) is 0 Å². The van der Waals surface area contributed by atoms with Gasteiger partial charge in [0.1, 0.15) is 11.9 Å². The van der Waals surface area contributed by atoms with Crippen LogP contribution < -0.4 is 0 Å². The normalized spacial score (nSPS) is 18.1. The van der Waals surface area contributed by atoms with Crippen LogP contribution in [0.3, 0.4) is 0 Å². The first kappa shape index (κ1) is 20.0. The van der Waals surface area contributed by atoms with E-state index in [4.69, 9.17) is 16.3 Å². The van der Waals surface area contributed by atoms with E-state index in [1.165, 1.54) is 12.0 Å². The molecule has 2 atom stereocenters. The molecule has 8 heteroatoms. The molecule has 1 aromatic heterocycles. The van der Waals surface area contributed by atoms with Crippen LogP contribution in [0.4, 0.5) is 0 Å². The molecular weight excluding hydrogens is 408 g/mol. The minimum absolute atomic E-state index is 0.175. The van der Waals surface area contributed by atoms with Gasteiger partial charge in [0.2, 0.25) is 5.91 Å². The third-order valence-corrected chi connectivity index (χ3v) is 5.70. The van der Waals surface area contributed by atoms with E-state index in [1.807, 2.05) is 24.3 Å². The van der Waals surface area contributed by atoms with Crippen LogP contribution in [0.2, 0.25) is 0 Å². The fourth-order valence-corrected chi connectivity index (χ4v) is 4.26. The van der Waals surface area contributed by atoms with Crippen LogP contribution in [-0.4, -0.2) is 51.9 Å². The number of amides is 1. The number of alkyl halides is 1. The number of rotatable bonds is 4. The number of para-hydroxylation sites is 1. The number of nitrogens with one attached hydrogen (secondary N) is 1. The van der Waals surface area contributed by atoms with E-state index in [0.29, 0.717) is 11.1 Å². The van der Waals surface area contributed by atoms with Crippen LogP contribution in [0.25, 0.3) is 10.9 Å². The van der Waals surface area contributed by atoms with Crippen molar-refractivity contribution < 1.29 is 24.2 Å². The summed E-state index contributed by atoms with van der Waals surface area (Å²) < 4.78 is 4.74. The van der Waals surface area contributed by atoms with Crippen molar-refractivity contribution in [1.82, 2.24) is 9.88 Å². The van der Waals surface area contributed by atoms with Gasteiger partial charge in [-0.3, -0.25) is 4.79 Å². The zero-order valence-electron chi connectivity index (χ0n) is 16.1. The number of aromatic amines is 1. The van der Waals surface area contributed by atoms with E-state index in [9.17, 15) is 19.5 Å². The number of ether oxygens (including phenoxy) is 1. The number of carbonyl (C=O) groups excluding carboxylic acids is 2. The summed E-state index contributed by atoms with van der Waals surface area (Å²) in [5, 5.41) is 10.8. The Kier molecular flexibility index (Phi) is 5.22. The number of fused-ring (bicyclic) bond motifs is 3. The summed E-state index contributed by atoms with van der Waals surface area (Å²) in [5.74, 6) is -2.39. The van der Waals surface area contributed by atoms with Crippen LogP contribution >= 0.6 is 11.6 Å². The van der Waals surface area contributed by atoms with Gasteiger partial charge in [-0.25, -0.2) is 9.59 Å². The largest absolute Gasteiger partial charge is 0.480 e. The third kappa shape index (κ3) is 3.21. The van der Waals surface area contributed by atoms with E-state index < -0.39 is 29.9 Å². The van der Waals surface area contributed by atoms with Gasteiger partial charge >= 0.3 is 11.9 Å². The minimum Gasteiger partial charge on any atom is -0.480 e. The zero-order valence-corrected chi connectivity index (χ0v) is 16.8. The van der Waals surface area contributed by atoms with Gasteiger partial charge in [-0.1, -0.05) is 30.3 Å². The third-order valence-electron chi connectivity index (χ3n) is 5.47. The molecule has 4 rings (SSSR count). The Labute approximate surface area is 177 Å². The molecule has 0 spiro atoms. The lowest BCUT2D eigenvalue weighted by molar-refractivity contribution is -0.151. The van der Waals surface area contributed by atoms with Crippen molar-refractivity contribution in [3.05, 3.63) is 70.9 Å².